The highest BCUT2D eigenvalue weighted by molar-refractivity contribution is 7.90. The van der Waals surface area contributed by atoms with Crippen molar-refractivity contribution in [3.8, 4) is 5.69 Å². The van der Waals surface area contributed by atoms with E-state index in [-0.39, 0.29) is 15.7 Å². The molecule has 2 aromatic carbocycles. The molecule has 0 aliphatic carbocycles. The molecule has 1 N–H and O–H groups in total. The molecule has 158 valence electrons. The fraction of sp³-hybridized carbons (Fsp3) is 0.118. The van der Waals surface area contributed by atoms with E-state index in [1.807, 2.05) is 0 Å². The van der Waals surface area contributed by atoms with E-state index in [1.165, 1.54) is 29.8 Å². The molecular formula is C17H11Cl2F3N4O3S. The number of hydrogen-bond donors (Lipinski definition) is 1. The van der Waals surface area contributed by atoms with Crippen LogP contribution in [0.2, 0.25) is 10.0 Å². The number of carbonyl (C=O) groups excluding carboxylic acids is 1. The molecule has 1 aromatic heterocycles. The van der Waals surface area contributed by atoms with Gasteiger partial charge in [0.25, 0.3) is 15.9 Å². The number of aromatic nitrogens is 3. The number of nitrogens with zero attached hydrogens (tertiary/aromatic N) is 3. The third kappa shape index (κ3) is 4.42. The normalized spacial score (nSPS) is 12.1. The molecule has 13 heteroatoms. The molecular weight excluding hydrogens is 468 g/mol. The molecule has 1 amide bonds. The summed E-state index contributed by atoms with van der Waals surface area (Å²) in [6.07, 6.45) is -4.93. The Balaban J connectivity index is 1.95. The smallest absolute Gasteiger partial charge is 0.266 e. The lowest BCUT2D eigenvalue weighted by molar-refractivity contribution is -0.139. The average molecular weight is 479 g/mol. The Kier molecular flexibility index (Phi) is 5.81. The topological polar surface area (TPSA) is 93.9 Å². The van der Waals surface area contributed by atoms with Gasteiger partial charge in [0, 0.05) is 10.0 Å². The monoisotopic (exact) mass is 478 g/mol. The second kappa shape index (κ2) is 7.89. The van der Waals surface area contributed by atoms with Gasteiger partial charge < -0.3 is 0 Å². The van der Waals surface area contributed by atoms with Gasteiger partial charge >= 0.3 is 6.18 Å². The van der Waals surface area contributed by atoms with E-state index in [0.717, 1.165) is 18.2 Å². The minimum absolute atomic E-state index is 0.116. The van der Waals surface area contributed by atoms with Crippen LogP contribution in [-0.2, 0) is 16.2 Å². The van der Waals surface area contributed by atoms with Gasteiger partial charge in [-0.15, -0.1) is 5.10 Å². The number of sulfonamides is 1. The predicted octanol–water partition coefficient (Wildman–Crippen LogP) is 4.02. The third-order valence-corrected chi connectivity index (χ3v) is 5.74. The van der Waals surface area contributed by atoms with Crippen molar-refractivity contribution in [1.29, 1.82) is 0 Å². The zero-order valence-corrected chi connectivity index (χ0v) is 17.2. The molecule has 0 aliphatic rings. The van der Waals surface area contributed by atoms with Crippen LogP contribution < -0.4 is 4.72 Å². The van der Waals surface area contributed by atoms with E-state index < -0.39 is 38.3 Å². The lowest BCUT2D eigenvalue weighted by Crippen LogP contribution is -2.32. The highest BCUT2D eigenvalue weighted by atomic mass is 35.5. The highest BCUT2D eigenvalue weighted by Crippen LogP contribution is 2.34. The van der Waals surface area contributed by atoms with E-state index in [0.29, 0.717) is 11.8 Å². The Morgan fingerprint density at radius 2 is 1.70 bits per heavy atom. The largest absolute Gasteiger partial charge is 0.417 e. The van der Waals surface area contributed by atoms with Crippen molar-refractivity contribution in [3.63, 3.8) is 0 Å². The Bertz CT molecular complexity index is 1220. The van der Waals surface area contributed by atoms with Gasteiger partial charge in [-0.2, -0.15) is 13.2 Å². The maximum absolute atomic E-state index is 13.1. The summed E-state index contributed by atoms with van der Waals surface area (Å²) in [5, 5.41) is 7.96. The first kappa shape index (κ1) is 22.1. The summed E-state index contributed by atoms with van der Waals surface area (Å²) in [4.78, 5) is 11.4. The predicted molar refractivity (Wildman–Crippen MR) is 102 cm³/mol. The number of halogens is 5. The molecule has 0 fully saturated rings. The molecule has 0 saturated carbocycles. The van der Waals surface area contributed by atoms with Crippen molar-refractivity contribution in [1.82, 2.24) is 19.7 Å². The van der Waals surface area contributed by atoms with E-state index >= 15 is 0 Å². The van der Waals surface area contributed by atoms with Crippen LogP contribution in [0.25, 0.3) is 5.69 Å². The zero-order valence-electron chi connectivity index (χ0n) is 14.9. The van der Waals surface area contributed by atoms with Crippen LogP contribution in [0.1, 0.15) is 21.7 Å². The minimum atomic E-state index is -4.93. The van der Waals surface area contributed by atoms with Gasteiger partial charge in [-0.25, -0.2) is 17.8 Å². The second-order valence-corrected chi connectivity index (χ2v) is 8.52. The minimum Gasteiger partial charge on any atom is -0.266 e. The van der Waals surface area contributed by atoms with Gasteiger partial charge in [0.15, 0.2) is 5.69 Å². The Morgan fingerprint density at radius 3 is 2.30 bits per heavy atom. The molecule has 0 radical (unpaired) electrons. The molecule has 0 aliphatic heterocycles. The van der Waals surface area contributed by atoms with Crippen molar-refractivity contribution in [2.75, 3.05) is 0 Å². The number of rotatable bonds is 4. The van der Waals surface area contributed by atoms with Crippen molar-refractivity contribution in [2.45, 2.75) is 18.0 Å². The fourth-order valence-electron chi connectivity index (χ4n) is 2.61. The van der Waals surface area contributed by atoms with Gasteiger partial charge in [-0.1, -0.05) is 40.5 Å². The summed E-state index contributed by atoms with van der Waals surface area (Å²) >= 11 is 11.9. The third-order valence-electron chi connectivity index (χ3n) is 3.91. The van der Waals surface area contributed by atoms with Crippen molar-refractivity contribution >= 4 is 39.1 Å². The van der Waals surface area contributed by atoms with Crippen molar-refractivity contribution < 1.29 is 26.4 Å². The van der Waals surface area contributed by atoms with E-state index in [9.17, 15) is 26.4 Å². The molecule has 30 heavy (non-hydrogen) atoms. The van der Waals surface area contributed by atoms with Crippen molar-refractivity contribution in [2.24, 2.45) is 0 Å². The quantitative estimate of drug-likeness (QED) is 0.610. The number of amides is 1. The standard InChI is InChI=1S/C17H11Cl2F3N4O3S/c1-9-15(23-25-26(9)12-7-10(18)6-11(19)8-12)16(27)24-30(28,29)14-5-3-2-4-13(14)17(20,21)22/h2-8H,1H3,(H,24,27). The maximum Gasteiger partial charge on any atom is 0.417 e. The number of carbonyl (C=O) groups is 1. The SMILES string of the molecule is Cc1c(C(=O)NS(=O)(=O)c2ccccc2C(F)(F)F)nnn1-c1cc(Cl)cc(Cl)c1. The average Bonchev–Trinajstić information content (AvgIpc) is 3.01. The van der Waals surface area contributed by atoms with Gasteiger partial charge in [0.05, 0.1) is 21.8 Å². The number of nitrogens with one attached hydrogen (secondary N) is 1. The highest BCUT2D eigenvalue weighted by Gasteiger charge is 2.37. The first-order valence-corrected chi connectivity index (χ1v) is 10.3. The summed E-state index contributed by atoms with van der Waals surface area (Å²) in [6.45, 7) is 1.42. The van der Waals surface area contributed by atoms with Crippen LogP contribution in [0.15, 0.2) is 47.4 Å². The van der Waals surface area contributed by atoms with Crippen LogP contribution in [0.5, 0.6) is 0 Å². The molecule has 0 atom stereocenters. The van der Waals surface area contributed by atoms with Gasteiger partial charge in [0.1, 0.15) is 0 Å². The molecule has 0 bridgehead atoms. The molecule has 0 spiro atoms. The first-order valence-electron chi connectivity index (χ1n) is 8.02. The molecule has 7 nitrogen and oxygen atoms in total. The fourth-order valence-corrected chi connectivity index (χ4v) is 4.30. The Morgan fingerprint density at radius 1 is 1.10 bits per heavy atom. The molecule has 0 saturated heterocycles. The summed E-state index contributed by atoms with van der Waals surface area (Å²) in [5.74, 6) is -1.25. The maximum atomic E-state index is 13.1. The van der Waals surface area contributed by atoms with Gasteiger partial charge in [-0.3, -0.25) is 4.79 Å². The number of hydrogen-bond acceptors (Lipinski definition) is 5. The summed E-state index contributed by atoms with van der Waals surface area (Å²) in [6, 6.07) is 7.92. The number of benzene rings is 2. The lowest BCUT2D eigenvalue weighted by atomic mass is 10.2. The van der Waals surface area contributed by atoms with Crippen LogP contribution in [0.4, 0.5) is 13.2 Å². The van der Waals surface area contributed by atoms with Gasteiger partial charge in [0.2, 0.25) is 0 Å². The molecule has 3 aromatic rings. The molecule has 3 rings (SSSR count). The van der Waals surface area contributed by atoms with Crippen LogP contribution in [0.3, 0.4) is 0 Å². The summed E-state index contributed by atoms with van der Waals surface area (Å²) < 4.78 is 67.1. The number of alkyl halides is 3. The second-order valence-electron chi connectivity index (χ2n) is 5.99. The Hall–Kier alpha value is -2.63. The van der Waals surface area contributed by atoms with E-state index in [2.05, 4.69) is 10.3 Å². The first-order chi connectivity index (χ1) is 13.9. The summed E-state index contributed by atoms with van der Waals surface area (Å²) in [5.41, 5.74) is -1.34. The molecule has 1 heterocycles. The van der Waals surface area contributed by atoms with Gasteiger partial charge in [-0.05, 0) is 37.3 Å². The molecule has 0 unspecified atom stereocenters. The van der Waals surface area contributed by atoms with Crippen LogP contribution in [0, 0.1) is 6.92 Å². The van der Waals surface area contributed by atoms with Crippen molar-refractivity contribution in [3.05, 3.63) is 69.5 Å². The Labute approximate surface area is 178 Å². The van der Waals surface area contributed by atoms with Crippen LogP contribution in [-0.4, -0.2) is 29.3 Å². The summed E-state index contributed by atoms with van der Waals surface area (Å²) in [7, 11) is -4.85. The van der Waals surface area contributed by atoms with E-state index in [4.69, 9.17) is 23.2 Å². The lowest BCUT2D eigenvalue weighted by Gasteiger charge is -2.13. The van der Waals surface area contributed by atoms with Crippen LogP contribution >= 0.6 is 23.2 Å². The zero-order chi connectivity index (χ0) is 22.3. The van der Waals surface area contributed by atoms with E-state index in [1.54, 1.807) is 4.72 Å².